The molecule has 0 radical (unpaired) electrons. The molecule has 0 aliphatic carbocycles. The van der Waals surface area contributed by atoms with Gasteiger partial charge in [-0.05, 0) is 19.1 Å². The average Bonchev–Trinajstić information content (AvgIpc) is 2.15. The maximum absolute atomic E-state index is 10.2. The smallest absolute Gasteiger partial charge is 0.0873 e. The normalized spacial score (nSPS) is 11.0. The van der Waals surface area contributed by atoms with Crippen LogP contribution in [0.3, 0.4) is 0 Å². The average molecular weight is 177 g/mol. The monoisotopic (exact) mass is 177 g/mol. The third kappa shape index (κ3) is 2.94. The van der Waals surface area contributed by atoms with Crippen molar-refractivity contribution in [3.63, 3.8) is 0 Å². The van der Waals surface area contributed by atoms with E-state index in [1.807, 2.05) is 18.2 Å². The summed E-state index contributed by atoms with van der Waals surface area (Å²) in [6.45, 7) is 1.37. The van der Waals surface area contributed by atoms with Gasteiger partial charge in [-0.25, -0.2) is 0 Å². The van der Waals surface area contributed by atoms with E-state index in [4.69, 9.17) is 0 Å². The Morgan fingerprint density at radius 1 is 1.38 bits per heavy atom. The van der Waals surface area contributed by atoms with Gasteiger partial charge in [0.2, 0.25) is 0 Å². The molecular weight excluding hydrogens is 168 g/mol. The molecule has 0 aliphatic heterocycles. The highest BCUT2D eigenvalue weighted by Gasteiger charge is 1.90. The summed E-state index contributed by atoms with van der Waals surface area (Å²) in [5.74, 6) is -1.27. The van der Waals surface area contributed by atoms with Gasteiger partial charge in [-0.15, -0.1) is 0 Å². The number of para-hydroxylation sites is 1. The van der Waals surface area contributed by atoms with Crippen LogP contribution in [0.2, 0.25) is 0 Å². The zero-order chi connectivity index (χ0) is 9.68. The van der Waals surface area contributed by atoms with Crippen LogP contribution in [-0.2, 0) is 4.79 Å². The third-order valence-corrected chi connectivity index (χ3v) is 1.42. The molecule has 0 fully saturated rings. The Morgan fingerprint density at radius 2 is 2.00 bits per heavy atom. The molecule has 1 N–H and O–H groups in total. The molecular formula is C9H9N2O2-. The summed E-state index contributed by atoms with van der Waals surface area (Å²) in [6, 6.07) is 9.08. The number of anilines is 1. The Hall–Kier alpha value is -1.84. The fraction of sp³-hybridized carbons (Fsp3) is 0.111. The Kier molecular flexibility index (Phi) is 3.03. The van der Waals surface area contributed by atoms with Crippen LogP contribution in [0, 0.1) is 0 Å². The van der Waals surface area contributed by atoms with Crippen LogP contribution in [0.4, 0.5) is 5.69 Å². The summed E-state index contributed by atoms with van der Waals surface area (Å²) in [6.07, 6.45) is 0. The number of carbonyl (C=O) groups excluding carboxylic acids is 1. The van der Waals surface area contributed by atoms with Crippen molar-refractivity contribution in [3.8, 4) is 0 Å². The molecule has 1 rings (SSSR count). The summed E-state index contributed by atoms with van der Waals surface area (Å²) >= 11 is 0. The van der Waals surface area contributed by atoms with Crippen LogP contribution in [0.15, 0.2) is 35.4 Å². The molecule has 1 aromatic carbocycles. The summed E-state index contributed by atoms with van der Waals surface area (Å²) in [7, 11) is 0. The summed E-state index contributed by atoms with van der Waals surface area (Å²) in [4.78, 5) is 10.2. The molecule has 0 aromatic heterocycles. The van der Waals surface area contributed by atoms with Gasteiger partial charge >= 0.3 is 0 Å². The SMILES string of the molecule is C/C(=N/Nc1ccccc1)C(=O)[O-]. The molecule has 1 aromatic rings. The van der Waals surface area contributed by atoms with Crippen LogP contribution >= 0.6 is 0 Å². The van der Waals surface area contributed by atoms with Crippen molar-refractivity contribution in [1.82, 2.24) is 0 Å². The molecule has 0 atom stereocenters. The second-order valence-corrected chi connectivity index (χ2v) is 2.46. The number of benzene rings is 1. The van der Waals surface area contributed by atoms with E-state index >= 15 is 0 Å². The molecule has 0 unspecified atom stereocenters. The van der Waals surface area contributed by atoms with E-state index in [0.717, 1.165) is 5.69 Å². The van der Waals surface area contributed by atoms with Crippen LogP contribution in [-0.4, -0.2) is 11.7 Å². The van der Waals surface area contributed by atoms with Gasteiger partial charge in [0.05, 0.1) is 17.4 Å². The number of carbonyl (C=O) groups is 1. The fourth-order valence-corrected chi connectivity index (χ4v) is 0.707. The van der Waals surface area contributed by atoms with Crippen molar-refractivity contribution < 1.29 is 9.90 Å². The van der Waals surface area contributed by atoms with E-state index in [-0.39, 0.29) is 5.71 Å². The highest BCUT2D eigenvalue weighted by Crippen LogP contribution is 2.04. The summed E-state index contributed by atoms with van der Waals surface area (Å²) in [5.41, 5.74) is 3.25. The lowest BCUT2D eigenvalue weighted by Gasteiger charge is -2.02. The van der Waals surface area contributed by atoms with Crippen molar-refractivity contribution >= 4 is 17.4 Å². The van der Waals surface area contributed by atoms with E-state index < -0.39 is 5.97 Å². The van der Waals surface area contributed by atoms with Gasteiger partial charge < -0.3 is 9.90 Å². The number of aliphatic carboxylic acids is 1. The topological polar surface area (TPSA) is 64.5 Å². The Balaban J connectivity index is 2.62. The quantitative estimate of drug-likeness (QED) is 0.530. The molecule has 0 spiro atoms. The molecule has 4 nitrogen and oxygen atoms in total. The lowest BCUT2D eigenvalue weighted by atomic mass is 10.3. The minimum absolute atomic E-state index is 0.0798. The lowest BCUT2D eigenvalue weighted by molar-refractivity contribution is -0.294. The predicted octanol–water partition coefficient (Wildman–Crippen LogP) is 0.224. The number of nitrogens with one attached hydrogen (secondary N) is 1. The van der Waals surface area contributed by atoms with Gasteiger partial charge in [-0.1, -0.05) is 18.2 Å². The van der Waals surface area contributed by atoms with Crippen LogP contribution in [0.5, 0.6) is 0 Å². The van der Waals surface area contributed by atoms with Gasteiger partial charge in [-0.3, -0.25) is 5.43 Å². The van der Waals surface area contributed by atoms with E-state index in [0.29, 0.717) is 0 Å². The fourth-order valence-electron chi connectivity index (χ4n) is 0.707. The molecule has 68 valence electrons. The largest absolute Gasteiger partial charge is 0.543 e. The number of nitrogens with zero attached hydrogens (tertiary/aromatic N) is 1. The van der Waals surface area contributed by atoms with Gasteiger partial charge in [0.25, 0.3) is 0 Å². The van der Waals surface area contributed by atoms with Gasteiger partial charge in [0.1, 0.15) is 0 Å². The maximum Gasteiger partial charge on any atom is 0.0873 e. The Morgan fingerprint density at radius 3 is 2.54 bits per heavy atom. The van der Waals surface area contributed by atoms with E-state index in [2.05, 4.69) is 10.5 Å². The third-order valence-electron chi connectivity index (χ3n) is 1.42. The summed E-state index contributed by atoms with van der Waals surface area (Å²) in [5, 5.41) is 13.8. The second kappa shape index (κ2) is 4.25. The van der Waals surface area contributed by atoms with Crippen LogP contribution < -0.4 is 10.5 Å². The number of carboxylic acids is 1. The van der Waals surface area contributed by atoms with Crippen molar-refractivity contribution in [3.05, 3.63) is 30.3 Å². The van der Waals surface area contributed by atoms with Crippen LogP contribution in [0.1, 0.15) is 6.92 Å². The zero-order valence-electron chi connectivity index (χ0n) is 7.15. The number of hydrazone groups is 1. The first-order valence-corrected chi connectivity index (χ1v) is 3.77. The van der Waals surface area contributed by atoms with Crippen molar-refractivity contribution in [1.29, 1.82) is 0 Å². The molecule has 0 bridgehead atoms. The van der Waals surface area contributed by atoms with Crippen molar-refractivity contribution in [2.24, 2.45) is 5.10 Å². The van der Waals surface area contributed by atoms with E-state index in [9.17, 15) is 9.90 Å². The number of carboxylic acid groups (broad SMARTS) is 1. The minimum atomic E-state index is -1.27. The molecule has 0 saturated heterocycles. The first-order chi connectivity index (χ1) is 6.20. The van der Waals surface area contributed by atoms with Gasteiger partial charge in [0, 0.05) is 0 Å². The molecule has 0 saturated carbocycles. The molecule has 13 heavy (non-hydrogen) atoms. The molecule has 0 aliphatic rings. The second-order valence-electron chi connectivity index (χ2n) is 2.46. The summed E-state index contributed by atoms with van der Waals surface area (Å²) < 4.78 is 0. The van der Waals surface area contributed by atoms with E-state index in [1.165, 1.54) is 6.92 Å². The Bertz CT molecular complexity index is 320. The first-order valence-electron chi connectivity index (χ1n) is 3.77. The van der Waals surface area contributed by atoms with E-state index in [1.54, 1.807) is 12.1 Å². The highest BCUT2D eigenvalue weighted by atomic mass is 16.4. The minimum Gasteiger partial charge on any atom is -0.543 e. The first kappa shape index (κ1) is 9.25. The zero-order valence-corrected chi connectivity index (χ0v) is 7.15. The standard InChI is InChI=1S/C9H10N2O2/c1-7(9(12)13)10-11-8-5-3-2-4-6-8/h2-6,11H,1H3,(H,12,13)/p-1/b10-7-. The molecule has 4 heteroatoms. The van der Waals surface area contributed by atoms with Gasteiger partial charge in [0.15, 0.2) is 0 Å². The number of hydrogen-bond donors (Lipinski definition) is 1. The molecule has 0 amide bonds. The predicted molar refractivity (Wildman–Crippen MR) is 48.2 cm³/mol. The number of hydrogen-bond acceptors (Lipinski definition) is 4. The van der Waals surface area contributed by atoms with Gasteiger partial charge in [-0.2, -0.15) is 5.10 Å². The van der Waals surface area contributed by atoms with Crippen molar-refractivity contribution in [2.75, 3.05) is 5.43 Å². The molecule has 0 heterocycles. The number of rotatable bonds is 3. The lowest BCUT2D eigenvalue weighted by Crippen LogP contribution is -2.30. The Labute approximate surface area is 75.9 Å². The highest BCUT2D eigenvalue weighted by molar-refractivity contribution is 6.33. The van der Waals surface area contributed by atoms with Crippen molar-refractivity contribution in [2.45, 2.75) is 6.92 Å². The van der Waals surface area contributed by atoms with Crippen LogP contribution in [0.25, 0.3) is 0 Å². The maximum atomic E-state index is 10.2.